The van der Waals surface area contributed by atoms with Gasteiger partial charge in [-0.05, 0) is 43.5 Å². The molecular formula is C19H16F3N3. The van der Waals surface area contributed by atoms with Crippen LogP contribution in [0, 0.1) is 17.5 Å². The zero-order chi connectivity index (χ0) is 17.4. The second-order valence-electron chi connectivity index (χ2n) is 6.08. The van der Waals surface area contributed by atoms with E-state index in [4.69, 9.17) is 0 Å². The summed E-state index contributed by atoms with van der Waals surface area (Å²) >= 11 is 0. The Balaban J connectivity index is 1.93. The molecule has 2 heterocycles. The standard InChI is InChI=1S/C19H16F3N3/c20-13-5-3-4-12(10-13)18-15-6-1-2-9-23-19(15)25(24-18)17-8-7-14(21)11-16(17)22/h3-5,7-8,10-11,23H,1-2,6,9H2. The number of fused-ring (bicyclic) bond motifs is 1. The molecule has 1 aliphatic rings. The van der Waals surface area contributed by atoms with E-state index in [1.165, 1.54) is 28.9 Å². The molecule has 1 N–H and O–H groups in total. The van der Waals surface area contributed by atoms with Crippen molar-refractivity contribution in [3.05, 3.63) is 65.5 Å². The SMILES string of the molecule is Fc1cccc(-c2nn(-c3ccc(F)cc3F)c3c2CCCCN3)c1. The van der Waals surface area contributed by atoms with Crippen LogP contribution in [0.2, 0.25) is 0 Å². The van der Waals surface area contributed by atoms with Gasteiger partial charge < -0.3 is 5.32 Å². The van der Waals surface area contributed by atoms with Crippen molar-refractivity contribution in [2.45, 2.75) is 19.3 Å². The molecule has 25 heavy (non-hydrogen) atoms. The highest BCUT2D eigenvalue weighted by atomic mass is 19.1. The van der Waals surface area contributed by atoms with Crippen molar-refractivity contribution in [1.29, 1.82) is 0 Å². The first kappa shape index (κ1) is 15.7. The first-order chi connectivity index (χ1) is 12.1. The lowest BCUT2D eigenvalue weighted by Crippen LogP contribution is -2.08. The molecule has 6 heteroatoms. The van der Waals surface area contributed by atoms with Crippen LogP contribution >= 0.6 is 0 Å². The van der Waals surface area contributed by atoms with Gasteiger partial charge in [-0.2, -0.15) is 5.10 Å². The van der Waals surface area contributed by atoms with E-state index in [0.29, 0.717) is 17.1 Å². The Kier molecular flexibility index (Phi) is 3.95. The minimum atomic E-state index is -0.692. The van der Waals surface area contributed by atoms with Crippen molar-refractivity contribution < 1.29 is 13.2 Å². The molecule has 0 spiro atoms. The molecular weight excluding hydrogens is 327 g/mol. The fraction of sp³-hybridized carbons (Fsp3) is 0.211. The maximum Gasteiger partial charge on any atom is 0.151 e. The molecule has 0 unspecified atom stereocenters. The summed E-state index contributed by atoms with van der Waals surface area (Å²) in [5.41, 5.74) is 2.34. The number of hydrogen-bond acceptors (Lipinski definition) is 2. The largest absolute Gasteiger partial charge is 0.370 e. The maximum atomic E-state index is 14.3. The van der Waals surface area contributed by atoms with Crippen LogP contribution in [0.3, 0.4) is 0 Å². The predicted octanol–water partition coefficient (Wildman–Crippen LogP) is 4.70. The molecule has 0 fully saturated rings. The van der Waals surface area contributed by atoms with Gasteiger partial charge in [0.2, 0.25) is 0 Å². The van der Waals surface area contributed by atoms with E-state index < -0.39 is 11.6 Å². The summed E-state index contributed by atoms with van der Waals surface area (Å²) in [6.45, 7) is 0.740. The molecule has 0 amide bonds. The van der Waals surface area contributed by atoms with E-state index >= 15 is 0 Å². The maximum absolute atomic E-state index is 14.3. The molecule has 0 radical (unpaired) electrons. The van der Waals surface area contributed by atoms with Gasteiger partial charge in [-0.25, -0.2) is 17.9 Å². The van der Waals surface area contributed by atoms with Crippen molar-refractivity contribution in [1.82, 2.24) is 9.78 Å². The molecule has 0 bridgehead atoms. The van der Waals surface area contributed by atoms with Gasteiger partial charge in [0.25, 0.3) is 0 Å². The summed E-state index contributed by atoms with van der Waals surface area (Å²) in [7, 11) is 0. The van der Waals surface area contributed by atoms with Crippen molar-refractivity contribution in [3.8, 4) is 16.9 Å². The molecule has 3 aromatic rings. The average Bonchev–Trinajstić information content (AvgIpc) is 2.77. The average molecular weight is 343 g/mol. The van der Waals surface area contributed by atoms with Gasteiger partial charge in [-0.15, -0.1) is 0 Å². The summed E-state index contributed by atoms with van der Waals surface area (Å²) < 4.78 is 42.7. The number of nitrogens with one attached hydrogen (secondary N) is 1. The monoisotopic (exact) mass is 343 g/mol. The fourth-order valence-electron chi connectivity index (χ4n) is 3.20. The van der Waals surface area contributed by atoms with Crippen LogP contribution in [0.1, 0.15) is 18.4 Å². The summed E-state index contributed by atoms with van der Waals surface area (Å²) in [5.74, 6) is -1.00. The third kappa shape index (κ3) is 2.88. The summed E-state index contributed by atoms with van der Waals surface area (Å²) in [6, 6.07) is 9.59. The van der Waals surface area contributed by atoms with Gasteiger partial charge in [0.05, 0.1) is 5.69 Å². The molecule has 4 rings (SSSR count). The fourth-order valence-corrected chi connectivity index (χ4v) is 3.20. The summed E-state index contributed by atoms with van der Waals surface area (Å²) in [4.78, 5) is 0. The highest BCUT2D eigenvalue weighted by Gasteiger charge is 2.23. The van der Waals surface area contributed by atoms with E-state index in [1.807, 2.05) is 0 Å². The summed E-state index contributed by atoms with van der Waals surface area (Å²) in [5, 5.41) is 7.82. The molecule has 0 aliphatic carbocycles. The number of benzene rings is 2. The molecule has 0 atom stereocenters. The Hall–Kier alpha value is -2.76. The quantitative estimate of drug-likeness (QED) is 0.731. The van der Waals surface area contributed by atoms with Crippen LogP contribution in [0.25, 0.3) is 16.9 Å². The normalized spacial score (nSPS) is 13.9. The lowest BCUT2D eigenvalue weighted by molar-refractivity contribution is 0.574. The predicted molar refractivity (Wildman–Crippen MR) is 90.3 cm³/mol. The molecule has 1 aromatic heterocycles. The van der Waals surface area contributed by atoms with E-state index in [1.54, 1.807) is 12.1 Å². The van der Waals surface area contributed by atoms with Crippen LogP contribution < -0.4 is 5.32 Å². The third-order valence-electron chi connectivity index (χ3n) is 4.37. The van der Waals surface area contributed by atoms with Crippen molar-refractivity contribution >= 4 is 5.82 Å². The van der Waals surface area contributed by atoms with E-state index in [0.717, 1.165) is 37.4 Å². The van der Waals surface area contributed by atoms with Crippen molar-refractivity contribution in [2.24, 2.45) is 0 Å². The Labute approximate surface area is 143 Å². The minimum absolute atomic E-state index is 0.162. The van der Waals surface area contributed by atoms with Crippen LogP contribution in [-0.2, 0) is 6.42 Å². The van der Waals surface area contributed by atoms with Crippen LogP contribution in [0.4, 0.5) is 19.0 Å². The van der Waals surface area contributed by atoms with Gasteiger partial charge in [0.15, 0.2) is 5.82 Å². The van der Waals surface area contributed by atoms with E-state index in [9.17, 15) is 13.2 Å². The zero-order valence-electron chi connectivity index (χ0n) is 13.4. The molecule has 1 aliphatic heterocycles. The lowest BCUT2D eigenvalue weighted by atomic mass is 10.0. The molecule has 2 aromatic carbocycles. The summed E-state index contributed by atoms with van der Waals surface area (Å²) in [6.07, 6.45) is 2.69. The highest BCUT2D eigenvalue weighted by molar-refractivity contribution is 5.71. The zero-order valence-corrected chi connectivity index (χ0v) is 13.4. The Morgan fingerprint density at radius 3 is 2.60 bits per heavy atom. The van der Waals surface area contributed by atoms with Crippen molar-refractivity contribution in [3.63, 3.8) is 0 Å². The number of rotatable bonds is 2. The Bertz CT molecular complexity index is 934. The number of nitrogens with zero attached hydrogens (tertiary/aromatic N) is 2. The Morgan fingerprint density at radius 1 is 0.960 bits per heavy atom. The second kappa shape index (κ2) is 6.27. The molecule has 128 valence electrons. The number of aromatic nitrogens is 2. The van der Waals surface area contributed by atoms with Gasteiger partial charge in [0.1, 0.15) is 23.1 Å². The minimum Gasteiger partial charge on any atom is -0.370 e. The van der Waals surface area contributed by atoms with Crippen LogP contribution in [0.5, 0.6) is 0 Å². The van der Waals surface area contributed by atoms with Crippen LogP contribution in [0.15, 0.2) is 42.5 Å². The van der Waals surface area contributed by atoms with Gasteiger partial charge in [0, 0.05) is 23.7 Å². The smallest absolute Gasteiger partial charge is 0.151 e. The first-order valence-electron chi connectivity index (χ1n) is 8.20. The number of hydrogen-bond donors (Lipinski definition) is 1. The third-order valence-corrected chi connectivity index (χ3v) is 4.37. The van der Waals surface area contributed by atoms with E-state index in [-0.39, 0.29) is 11.5 Å². The number of anilines is 1. The Morgan fingerprint density at radius 2 is 1.80 bits per heavy atom. The van der Waals surface area contributed by atoms with Crippen LogP contribution in [-0.4, -0.2) is 16.3 Å². The van der Waals surface area contributed by atoms with Gasteiger partial charge >= 0.3 is 0 Å². The second-order valence-corrected chi connectivity index (χ2v) is 6.08. The van der Waals surface area contributed by atoms with Gasteiger partial charge in [-0.1, -0.05) is 12.1 Å². The molecule has 3 nitrogen and oxygen atoms in total. The first-order valence-corrected chi connectivity index (χ1v) is 8.20. The topological polar surface area (TPSA) is 29.9 Å². The van der Waals surface area contributed by atoms with E-state index in [2.05, 4.69) is 10.4 Å². The molecule has 0 saturated heterocycles. The van der Waals surface area contributed by atoms with Crippen molar-refractivity contribution in [2.75, 3.05) is 11.9 Å². The lowest BCUT2D eigenvalue weighted by Gasteiger charge is -2.10. The van der Waals surface area contributed by atoms with Gasteiger partial charge in [-0.3, -0.25) is 0 Å². The number of halogens is 3. The molecule has 0 saturated carbocycles. The highest BCUT2D eigenvalue weighted by Crippen LogP contribution is 2.34.